The molecule has 0 fully saturated rings. The maximum atomic E-state index is 12.7. The van der Waals surface area contributed by atoms with Crippen molar-refractivity contribution in [1.29, 1.82) is 0 Å². The minimum absolute atomic E-state index is 0.247. The third-order valence-corrected chi connectivity index (χ3v) is 3.03. The van der Waals surface area contributed by atoms with Crippen LogP contribution in [0.3, 0.4) is 0 Å². The summed E-state index contributed by atoms with van der Waals surface area (Å²) in [6.45, 7) is 0. The van der Waals surface area contributed by atoms with E-state index in [-0.39, 0.29) is 3.57 Å². The fraction of sp³-hybridized carbons (Fsp3) is 0. The third kappa shape index (κ3) is 2.27. The SMILES string of the molecule is O=S(=O)(Cl)c1ccc(I)c(F)n1. The molecule has 0 unspecified atom stereocenters. The van der Waals surface area contributed by atoms with E-state index in [9.17, 15) is 12.8 Å². The average molecular weight is 321 g/mol. The van der Waals surface area contributed by atoms with Crippen LogP contribution in [0, 0.1) is 9.52 Å². The van der Waals surface area contributed by atoms with Crippen molar-refractivity contribution in [2.45, 2.75) is 5.03 Å². The number of hydrogen-bond donors (Lipinski definition) is 0. The molecule has 3 nitrogen and oxygen atoms in total. The Morgan fingerprint density at radius 1 is 1.50 bits per heavy atom. The molecular formula is C5H2ClFINO2S. The molecular weight excluding hydrogens is 319 g/mol. The quantitative estimate of drug-likeness (QED) is 0.450. The molecule has 0 saturated carbocycles. The second-order valence-electron chi connectivity index (χ2n) is 1.86. The minimum Gasteiger partial charge on any atom is -0.206 e. The van der Waals surface area contributed by atoms with Crippen molar-refractivity contribution in [3.63, 3.8) is 0 Å². The van der Waals surface area contributed by atoms with Crippen molar-refractivity contribution in [3.8, 4) is 0 Å². The van der Waals surface area contributed by atoms with Gasteiger partial charge in [-0.25, -0.2) is 13.4 Å². The number of rotatable bonds is 1. The Hall–Kier alpha value is 0.0500. The summed E-state index contributed by atoms with van der Waals surface area (Å²) in [5, 5.41) is -0.470. The molecule has 66 valence electrons. The Kier molecular flexibility index (Phi) is 2.89. The van der Waals surface area contributed by atoms with Gasteiger partial charge in [0, 0.05) is 10.7 Å². The van der Waals surface area contributed by atoms with Crippen LogP contribution in [0.1, 0.15) is 0 Å². The molecule has 1 rings (SSSR count). The molecule has 0 aliphatic rings. The summed E-state index contributed by atoms with van der Waals surface area (Å²) in [6, 6.07) is 2.44. The van der Waals surface area contributed by atoms with Gasteiger partial charge in [0.1, 0.15) is 0 Å². The summed E-state index contributed by atoms with van der Waals surface area (Å²) in [5.74, 6) is -0.836. The van der Waals surface area contributed by atoms with E-state index in [0.717, 1.165) is 6.07 Å². The topological polar surface area (TPSA) is 47.0 Å². The first-order chi connectivity index (χ1) is 5.41. The molecule has 0 radical (unpaired) electrons. The molecule has 1 aromatic heterocycles. The third-order valence-electron chi connectivity index (χ3n) is 1.03. The van der Waals surface area contributed by atoms with Gasteiger partial charge >= 0.3 is 0 Å². The van der Waals surface area contributed by atoms with Gasteiger partial charge in [0.15, 0.2) is 5.03 Å². The fourth-order valence-corrected chi connectivity index (χ4v) is 1.51. The molecule has 0 amide bonds. The van der Waals surface area contributed by atoms with Gasteiger partial charge in [-0.1, -0.05) is 0 Å². The van der Waals surface area contributed by atoms with E-state index in [4.69, 9.17) is 10.7 Å². The zero-order valence-corrected chi connectivity index (χ0v) is 9.19. The van der Waals surface area contributed by atoms with E-state index in [1.165, 1.54) is 6.07 Å². The molecule has 0 N–H and O–H groups in total. The van der Waals surface area contributed by atoms with Crippen molar-refractivity contribution in [1.82, 2.24) is 4.98 Å². The lowest BCUT2D eigenvalue weighted by Gasteiger charge is -1.95. The highest BCUT2D eigenvalue weighted by Gasteiger charge is 2.13. The van der Waals surface area contributed by atoms with Crippen molar-refractivity contribution in [3.05, 3.63) is 21.7 Å². The second kappa shape index (κ2) is 3.43. The summed E-state index contributed by atoms with van der Waals surface area (Å²) in [7, 11) is 0.999. The first-order valence-corrected chi connectivity index (χ1v) is 6.07. The summed E-state index contributed by atoms with van der Waals surface area (Å²) in [5.41, 5.74) is 0. The summed E-state index contributed by atoms with van der Waals surface area (Å²) in [4.78, 5) is 3.15. The second-order valence-corrected chi connectivity index (χ2v) is 5.53. The molecule has 1 heterocycles. The van der Waals surface area contributed by atoms with Gasteiger partial charge in [0.2, 0.25) is 5.95 Å². The van der Waals surface area contributed by atoms with Gasteiger partial charge in [0.25, 0.3) is 9.05 Å². The largest absolute Gasteiger partial charge is 0.278 e. The van der Waals surface area contributed by atoms with Gasteiger partial charge in [-0.05, 0) is 34.7 Å². The van der Waals surface area contributed by atoms with Gasteiger partial charge in [-0.2, -0.15) is 4.39 Å². The standard InChI is InChI=1S/C5H2ClFINO2S/c6-12(10,11)4-2-1-3(8)5(7)9-4/h1-2H. The Labute approximate surface area is 86.5 Å². The normalized spacial score (nSPS) is 11.6. The molecule has 0 aliphatic heterocycles. The van der Waals surface area contributed by atoms with Crippen LogP contribution in [-0.4, -0.2) is 13.4 Å². The molecule has 1 aromatic rings. The van der Waals surface area contributed by atoms with E-state index in [2.05, 4.69) is 4.98 Å². The predicted molar refractivity (Wildman–Crippen MR) is 50.0 cm³/mol. The first-order valence-electron chi connectivity index (χ1n) is 2.68. The van der Waals surface area contributed by atoms with E-state index < -0.39 is 20.0 Å². The molecule has 0 aromatic carbocycles. The summed E-state index contributed by atoms with van der Waals surface area (Å²) < 4.78 is 34.2. The molecule has 0 spiro atoms. The van der Waals surface area contributed by atoms with Gasteiger partial charge < -0.3 is 0 Å². The summed E-state index contributed by atoms with van der Waals surface area (Å²) in [6.07, 6.45) is 0. The number of pyridine rings is 1. The minimum atomic E-state index is -3.92. The van der Waals surface area contributed by atoms with Crippen LogP contribution in [0.25, 0.3) is 0 Å². The summed E-state index contributed by atoms with van der Waals surface area (Å²) >= 11 is 1.69. The van der Waals surface area contributed by atoms with E-state index >= 15 is 0 Å². The van der Waals surface area contributed by atoms with Crippen LogP contribution in [0.4, 0.5) is 4.39 Å². The number of aromatic nitrogens is 1. The zero-order chi connectivity index (χ0) is 9.35. The highest BCUT2D eigenvalue weighted by atomic mass is 127. The Bertz CT molecular complexity index is 408. The number of halogens is 3. The van der Waals surface area contributed by atoms with Gasteiger partial charge in [-0.3, -0.25) is 0 Å². The molecule has 7 heteroatoms. The van der Waals surface area contributed by atoms with Crippen LogP contribution in [-0.2, 0) is 9.05 Å². The molecule has 12 heavy (non-hydrogen) atoms. The smallest absolute Gasteiger partial charge is 0.206 e. The highest BCUT2D eigenvalue weighted by Crippen LogP contribution is 2.15. The van der Waals surface area contributed by atoms with Crippen molar-refractivity contribution < 1.29 is 12.8 Å². The maximum absolute atomic E-state index is 12.7. The molecule has 0 atom stereocenters. The van der Waals surface area contributed by atoms with Crippen LogP contribution in [0.5, 0.6) is 0 Å². The number of nitrogens with zero attached hydrogens (tertiary/aromatic N) is 1. The lowest BCUT2D eigenvalue weighted by Crippen LogP contribution is -1.98. The highest BCUT2D eigenvalue weighted by molar-refractivity contribution is 14.1. The molecule has 0 saturated heterocycles. The van der Waals surface area contributed by atoms with Crippen molar-refractivity contribution in [2.24, 2.45) is 0 Å². The average Bonchev–Trinajstić information content (AvgIpc) is 1.92. The molecule has 0 bridgehead atoms. The van der Waals surface area contributed by atoms with Crippen molar-refractivity contribution in [2.75, 3.05) is 0 Å². The maximum Gasteiger partial charge on any atom is 0.278 e. The lowest BCUT2D eigenvalue weighted by molar-refractivity contribution is 0.555. The van der Waals surface area contributed by atoms with Crippen LogP contribution in [0.15, 0.2) is 17.2 Å². The Morgan fingerprint density at radius 2 is 2.08 bits per heavy atom. The van der Waals surface area contributed by atoms with Crippen LogP contribution in [0.2, 0.25) is 0 Å². The van der Waals surface area contributed by atoms with Gasteiger partial charge in [-0.15, -0.1) is 0 Å². The predicted octanol–water partition coefficient (Wildman–Crippen LogP) is 1.75. The van der Waals surface area contributed by atoms with Crippen LogP contribution >= 0.6 is 33.3 Å². The number of hydrogen-bond acceptors (Lipinski definition) is 3. The van der Waals surface area contributed by atoms with Gasteiger partial charge in [0.05, 0.1) is 3.57 Å². The first kappa shape index (κ1) is 10.1. The van der Waals surface area contributed by atoms with E-state index in [1.54, 1.807) is 22.6 Å². The lowest BCUT2D eigenvalue weighted by atomic mass is 10.5. The van der Waals surface area contributed by atoms with Crippen molar-refractivity contribution >= 4 is 42.3 Å². The fourth-order valence-electron chi connectivity index (χ4n) is 0.536. The zero-order valence-electron chi connectivity index (χ0n) is 5.46. The molecule has 0 aliphatic carbocycles. The van der Waals surface area contributed by atoms with Crippen LogP contribution < -0.4 is 0 Å². The Morgan fingerprint density at radius 3 is 2.50 bits per heavy atom. The van der Waals surface area contributed by atoms with E-state index in [0.29, 0.717) is 0 Å². The van der Waals surface area contributed by atoms with E-state index in [1.807, 2.05) is 0 Å². The Balaban J connectivity index is 3.33. The monoisotopic (exact) mass is 321 g/mol.